The van der Waals surface area contributed by atoms with Gasteiger partial charge in [-0.15, -0.1) is 0 Å². The summed E-state index contributed by atoms with van der Waals surface area (Å²) in [5, 5.41) is 0. The van der Waals surface area contributed by atoms with Gasteiger partial charge in [-0.05, 0) is 48.7 Å². The van der Waals surface area contributed by atoms with E-state index in [1.54, 1.807) is 6.08 Å². The van der Waals surface area contributed by atoms with Gasteiger partial charge in [0.2, 0.25) is 0 Å². The number of ether oxygens (including phenoxy) is 2. The zero-order valence-corrected chi connectivity index (χ0v) is 28.5. The Bertz CT molecular complexity index is 978. The molecule has 0 aliphatic heterocycles. The van der Waals surface area contributed by atoms with Gasteiger partial charge in [0.25, 0.3) is 0 Å². The summed E-state index contributed by atoms with van der Waals surface area (Å²) in [6.45, 7) is 6.00. The van der Waals surface area contributed by atoms with E-state index in [1.807, 2.05) is 54.6 Å². The molecule has 44 heavy (non-hydrogen) atoms. The summed E-state index contributed by atoms with van der Waals surface area (Å²) in [4.78, 5) is 12.8. The molecule has 0 spiro atoms. The molecule has 0 bridgehead atoms. The molecule has 3 nitrogen and oxygen atoms in total. The van der Waals surface area contributed by atoms with E-state index in [0.717, 1.165) is 36.5 Å². The molecule has 0 unspecified atom stereocenters. The van der Waals surface area contributed by atoms with Gasteiger partial charge in [-0.25, -0.2) is 0 Å². The largest absolute Gasteiger partial charge is 0.494 e. The second-order valence-corrected chi connectivity index (χ2v) is 12.6. The van der Waals surface area contributed by atoms with Crippen molar-refractivity contribution in [3.63, 3.8) is 0 Å². The van der Waals surface area contributed by atoms with Crippen molar-refractivity contribution in [2.45, 2.75) is 155 Å². The molecule has 246 valence electrons. The maximum atomic E-state index is 12.8. The molecular formula is C41H64O3. The normalized spacial score (nSPS) is 11.3. The third kappa shape index (κ3) is 19.7. The van der Waals surface area contributed by atoms with Crippen molar-refractivity contribution in [1.82, 2.24) is 0 Å². The molecule has 3 heteroatoms. The van der Waals surface area contributed by atoms with Crippen molar-refractivity contribution in [2.75, 3.05) is 13.2 Å². The average Bonchev–Trinajstić information content (AvgIpc) is 3.05. The van der Waals surface area contributed by atoms with E-state index in [-0.39, 0.29) is 5.78 Å². The van der Waals surface area contributed by atoms with Crippen LogP contribution in [0.2, 0.25) is 0 Å². The first-order valence-corrected chi connectivity index (χ1v) is 18.4. The smallest absolute Gasteiger partial charge is 0.185 e. The van der Waals surface area contributed by atoms with E-state index < -0.39 is 0 Å². The molecule has 0 amide bonds. The monoisotopic (exact) mass is 604 g/mol. The first-order valence-electron chi connectivity index (χ1n) is 18.4. The third-order valence-corrected chi connectivity index (χ3v) is 8.46. The number of hydrogen-bond acceptors (Lipinski definition) is 3. The van der Waals surface area contributed by atoms with Gasteiger partial charge in [-0.2, -0.15) is 0 Å². The van der Waals surface area contributed by atoms with Crippen LogP contribution in [0.15, 0.2) is 54.6 Å². The molecule has 2 rings (SSSR count). The predicted molar refractivity (Wildman–Crippen MR) is 190 cm³/mol. The molecule has 0 aliphatic carbocycles. The van der Waals surface area contributed by atoms with Crippen LogP contribution < -0.4 is 9.47 Å². The van der Waals surface area contributed by atoms with E-state index >= 15 is 0 Å². The lowest BCUT2D eigenvalue weighted by atomic mass is 10.0. The number of carbonyl (C=O) groups is 1. The molecule has 0 radical (unpaired) electrons. The summed E-state index contributed by atoms with van der Waals surface area (Å²) >= 11 is 0. The molecule has 2 aromatic carbocycles. The van der Waals surface area contributed by atoms with Gasteiger partial charge in [-0.1, -0.05) is 173 Å². The van der Waals surface area contributed by atoms with Gasteiger partial charge in [0.1, 0.15) is 11.5 Å². The Balaban J connectivity index is 1.51. The summed E-state index contributed by atoms with van der Waals surface area (Å²) in [5.74, 6) is 1.65. The highest BCUT2D eigenvalue weighted by molar-refractivity contribution is 6.07. The fraction of sp³-hybridized carbons (Fsp3) is 0.634. The summed E-state index contributed by atoms with van der Waals surface area (Å²) < 4.78 is 11.8. The van der Waals surface area contributed by atoms with Crippen molar-refractivity contribution < 1.29 is 14.3 Å². The van der Waals surface area contributed by atoms with Crippen LogP contribution in [0.1, 0.15) is 171 Å². The standard InChI is InChI=1S/C41H64O3/c1-3-5-7-9-11-12-13-14-15-16-17-18-19-20-22-24-35-44-40-27-25-26-38(36-40)41(42)33-30-37-28-31-39(32-29-37)43-34-23-21-10-8-6-4-2/h25-33,36H,3-24,34-35H2,1-2H3/b33-30+. The quantitative estimate of drug-likeness (QED) is 0.0526. The number of ketones is 1. The summed E-state index contributed by atoms with van der Waals surface area (Å²) in [6, 6.07) is 15.5. The topological polar surface area (TPSA) is 35.5 Å². The minimum Gasteiger partial charge on any atom is -0.494 e. The van der Waals surface area contributed by atoms with Crippen molar-refractivity contribution in [2.24, 2.45) is 0 Å². The summed E-state index contributed by atoms with van der Waals surface area (Å²) in [6.07, 6.45) is 32.9. The molecule has 0 atom stereocenters. The van der Waals surface area contributed by atoms with Gasteiger partial charge in [0.05, 0.1) is 13.2 Å². The highest BCUT2D eigenvalue weighted by Gasteiger charge is 2.04. The Morgan fingerprint density at radius 2 is 0.955 bits per heavy atom. The lowest BCUT2D eigenvalue weighted by Gasteiger charge is -2.07. The molecule has 0 aliphatic rings. The van der Waals surface area contributed by atoms with Crippen LogP contribution in [0.4, 0.5) is 0 Å². The zero-order valence-electron chi connectivity index (χ0n) is 28.5. The summed E-state index contributed by atoms with van der Waals surface area (Å²) in [5.41, 5.74) is 1.64. The van der Waals surface area contributed by atoms with Crippen LogP contribution in [0.3, 0.4) is 0 Å². The Morgan fingerprint density at radius 1 is 0.523 bits per heavy atom. The van der Waals surface area contributed by atoms with E-state index in [0.29, 0.717) is 12.2 Å². The fourth-order valence-corrected chi connectivity index (χ4v) is 5.60. The molecule has 0 saturated heterocycles. The van der Waals surface area contributed by atoms with Crippen molar-refractivity contribution >= 4 is 11.9 Å². The van der Waals surface area contributed by atoms with Crippen molar-refractivity contribution in [3.05, 3.63) is 65.7 Å². The highest BCUT2D eigenvalue weighted by atomic mass is 16.5. The average molecular weight is 605 g/mol. The van der Waals surface area contributed by atoms with Gasteiger partial charge < -0.3 is 9.47 Å². The molecule has 2 aromatic rings. The van der Waals surface area contributed by atoms with Crippen molar-refractivity contribution in [3.8, 4) is 11.5 Å². The predicted octanol–water partition coefficient (Wildman–Crippen LogP) is 13.0. The molecule has 0 saturated carbocycles. The van der Waals surface area contributed by atoms with Crippen LogP contribution >= 0.6 is 0 Å². The molecule has 0 aromatic heterocycles. The van der Waals surface area contributed by atoms with Gasteiger partial charge in [-0.3, -0.25) is 4.79 Å². The van der Waals surface area contributed by atoms with Gasteiger partial charge >= 0.3 is 0 Å². The molecule has 0 heterocycles. The number of benzene rings is 2. The zero-order chi connectivity index (χ0) is 31.3. The number of hydrogen-bond donors (Lipinski definition) is 0. The third-order valence-electron chi connectivity index (χ3n) is 8.46. The van der Waals surface area contributed by atoms with Gasteiger partial charge in [0, 0.05) is 5.56 Å². The number of unbranched alkanes of at least 4 members (excludes halogenated alkanes) is 20. The van der Waals surface area contributed by atoms with Crippen LogP contribution in [-0.2, 0) is 0 Å². The Kier molecular flexibility index (Phi) is 22.9. The van der Waals surface area contributed by atoms with Crippen LogP contribution in [0.25, 0.3) is 6.08 Å². The van der Waals surface area contributed by atoms with Crippen LogP contribution in [-0.4, -0.2) is 19.0 Å². The SMILES string of the molecule is CCCCCCCCCCCCCCCCCCOc1cccc(C(=O)/C=C/c2ccc(OCCCCCCCC)cc2)c1. The second kappa shape index (κ2) is 26.8. The Hall–Kier alpha value is -2.55. The first-order chi connectivity index (χ1) is 21.7. The fourth-order valence-electron chi connectivity index (χ4n) is 5.60. The molecule has 0 fully saturated rings. The lowest BCUT2D eigenvalue weighted by Crippen LogP contribution is -2.00. The highest BCUT2D eigenvalue weighted by Crippen LogP contribution is 2.18. The van der Waals surface area contributed by atoms with Crippen molar-refractivity contribution in [1.29, 1.82) is 0 Å². The summed E-state index contributed by atoms with van der Waals surface area (Å²) in [7, 11) is 0. The Morgan fingerprint density at radius 3 is 1.43 bits per heavy atom. The minimum absolute atomic E-state index is 0.0127. The van der Waals surface area contributed by atoms with E-state index in [9.17, 15) is 4.79 Å². The van der Waals surface area contributed by atoms with Gasteiger partial charge in [0.15, 0.2) is 5.78 Å². The van der Waals surface area contributed by atoms with Crippen LogP contribution in [0.5, 0.6) is 11.5 Å². The second-order valence-electron chi connectivity index (χ2n) is 12.6. The van der Waals surface area contributed by atoms with E-state index in [1.165, 1.54) is 128 Å². The molecular weight excluding hydrogens is 540 g/mol. The van der Waals surface area contributed by atoms with Crippen LogP contribution in [0, 0.1) is 0 Å². The first kappa shape index (κ1) is 37.6. The van der Waals surface area contributed by atoms with E-state index in [4.69, 9.17) is 9.47 Å². The number of rotatable bonds is 29. The maximum absolute atomic E-state index is 12.8. The lowest BCUT2D eigenvalue weighted by molar-refractivity contribution is 0.104. The molecule has 0 N–H and O–H groups in total. The number of carbonyl (C=O) groups excluding carboxylic acids is 1. The minimum atomic E-state index is -0.0127. The van der Waals surface area contributed by atoms with E-state index in [2.05, 4.69) is 13.8 Å². The maximum Gasteiger partial charge on any atom is 0.185 e. The Labute approximate surface area is 271 Å². The number of allylic oxidation sites excluding steroid dienone is 1.